The van der Waals surface area contributed by atoms with E-state index in [4.69, 9.17) is 17.0 Å². The van der Waals surface area contributed by atoms with Crippen molar-refractivity contribution in [2.24, 2.45) is 0 Å². The minimum atomic E-state index is -0.311. The van der Waals surface area contributed by atoms with Gasteiger partial charge in [-0.2, -0.15) is 0 Å². The van der Waals surface area contributed by atoms with Gasteiger partial charge < -0.3 is 10.1 Å². The number of rotatable bonds is 5. The van der Waals surface area contributed by atoms with Crippen molar-refractivity contribution in [3.05, 3.63) is 58.7 Å². The number of thiocarbonyl (C=S) groups is 1. The summed E-state index contributed by atoms with van der Waals surface area (Å²) >= 11 is 5.19. The van der Waals surface area contributed by atoms with E-state index in [2.05, 4.69) is 30.0 Å². The quantitative estimate of drug-likeness (QED) is 0.534. The van der Waals surface area contributed by atoms with Crippen LogP contribution in [0.2, 0.25) is 0 Å². The van der Waals surface area contributed by atoms with E-state index >= 15 is 0 Å². The van der Waals surface area contributed by atoms with Crippen molar-refractivity contribution < 1.29 is 9.53 Å². The summed E-state index contributed by atoms with van der Waals surface area (Å²) < 4.78 is 5.65. The molecular formula is C21H27N3O2S. The maximum atomic E-state index is 12.0. The average Bonchev–Trinajstić information content (AvgIpc) is 2.59. The van der Waals surface area contributed by atoms with Crippen LogP contribution < -0.4 is 20.9 Å². The molecule has 2 rings (SSSR count). The molecule has 0 aliphatic rings. The molecule has 0 aromatic heterocycles. The summed E-state index contributed by atoms with van der Waals surface area (Å²) in [6.07, 6.45) is 0. The van der Waals surface area contributed by atoms with Gasteiger partial charge in [0.15, 0.2) is 11.7 Å². The molecular weight excluding hydrogens is 358 g/mol. The molecule has 0 heterocycles. The smallest absolute Gasteiger partial charge is 0.276 e. The van der Waals surface area contributed by atoms with Gasteiger partial charge in [-0.05, 0) is 67.7 Å². The van der Waals surface area contributed by atoms with Gasteiger partial charge in [0.05, 0.1) is 0 Å². The van der Waals surface area contributed by atoms with E-state index in [0.717, 1.165) is 22.6 Å². The van der Waals surface area contributed by atoms with E-state index in [1.54, 1.807) is 0 Å². The minimum absolute atomic E-state index is 0.0938. The van der Waals surface area contributed by atoms with Crippen LogP contribution in [0.5, 0.6) is 5.75 Å². The van der Waals surface area contributed by atoms with E-state index < -0.39 is 0 Å². The Morgan fingerprint density at radius 1 is 1.04 bits per heavy atom. The number of benzene rings is 2. The zero-order chi connectivity index (χ0) is 20.0. The van der Waals surface area contributed by atoms with Gasteiger partial charge in [0.25, 0.3) is 5.91 Å². The van der Waals surface area contributed by atoms with E-state index in [1.807, 2.05) is 57.2 Å². The lowest BCUT2D eigenvalue weighted by Crippen LogP contribution is -2.45. The highest BCUT2D eigenvalue weighted by Gasteiger charge is 2.09. The van der Waals surface area contributed by atoms with Crippen LogP contribution in [0.15, 0.2) is 36.4 Å². The zero-order valence-electron chi connectivity index (χ0n) is 16.5. The summed E-state index contributed by atoms with van der Waals surface area (Å²) in [5, 5.41) is 3.34. The molecule has 5 nitrogen and oxygen atoms in total. The van der Waals surface area contributed by atoms with Crippen LogP contribution >= 0.6 is 12.2 Å². The Hall–Kier alpha value is -2.60. The predicted octanol–water partition coefficient (Wildman–Crippen LogP) is 4.13. The largest absolute Gasteiger partial charge is 0.483 e. The maximum Gasteiger partial charge on any atom is 0.276 e. The number of anilines is 1. The molecule has 144 valence electrons. The third-order valence-electron chi connectivity index (χ3n) is 4.10. The molecule has 1 amide bonds. The summed E-state index contributed by atoms with van der Waals surface area (Å²) in [5.74, 6) is 0.902. The van der Waals surface area contributed by atoms with Crippen molar-refractivity contribution in [2.45, 2.75) is 40.5 Å². The molecule has 0 radical (unpaired) electrons. The van der Waals surface area contributed by atoms with Gasteiger partial charge in [0, 0.05) is 5.69 Å². The SMILES string of the molecule is Cc1cc(C)c(OCC(=O)NNC(=S)Nc2ccc(C(C)C)cc2)c(C)c1. The second-order valence-electron chi connectivity index (χ2n) is 6.92. The normalized spacial score (nSPS) is 10.4. The van der Waals surface area contributed by atoms with Gasteiger partial charge in [-0.25, -0.2) is 0 Å². The summed E-state index contributed by atoms with van der Waals surface area (Å²) in [5.41, 5.74) is 10.5. The Morgan fingerprint density at radius 2 is 1.63 bits per heavy atom. The van der Waals surface area contributed by atoms with Crippen molar-refractivity contribution >= 4 is 28.9 Å². The van der Waals surface area contributed by atoms with Crippen molar-refractivity contribution in [1.82, 2.24) is 10.9 Å². The Kier molecular flexibility index (Phi) is 7.19. The first-order valence-electron chi connectivity index (χ1n) is 8.92. The second kappa shape index (κ2) is 9.37. The third kappa shape index (κ3) is 6.25. The fraction of sp³-hybridized carbons (Fsp3) is 0.333. The molecule has 0 aliphatic heterocycles. The molecule has 0 fully saturated rings. The second-order valence-corrected chi connectivity index (χ2v) is 7.33. The molecule has 0 aliphatic carbocycles. The Labute approximate surface area is 166 Å². The van der Waals surface area contributed by atoms with E-state index in [1.165, 1.54) is 11.1 Å². The van der Waals surface area contributed by atoms with Crippen LogP contribution in [-0.4, -0.2) is 17.6 Å². The van der Waals surface area contributed by atoms with Crippen LogP contribution in [-0.2, 0) is 4.79 Å². The lowest BCUT2D eigenvalue weighted by atomic mass is 10.0. The first kappa shape index (κ1) is 20.7. The van der Waals surface area contributed by atoms with Crippen molar-refractivity contribution in [3.8, 4) is 5.75 Å². The van der Waals surface area contributed by atoms with Gasteiger partial charge in [0.2, 0.25) is 0 Å². The molecule has 3 N–H and O–H groups in total. The highest BCUT2D eigenvalue weighted by atomic mass is 32.1. The van der Waals surface area contributed by atoms with Gasteiger partial charge >= 0.3 is 0 Å². The van der Waals surface area contributed by atoms with Crippen molar-refractivity contribution in [3.63, 3.8) is 0 Å². The number of hydrogen-bond acceptors (Lipinski definition) is 3. The molecule has 0 saturated carbocycles. The molecule has 0 saturated heterocycles. The van der Waals surface area contributed by atoms with Crippen LogP contribution in [0.3, 0.4) is 0 Å². The average molecular weight is 386 g/mol. The lowest BCUT2D eigenvalue weighted by Gasteiger charge is -2.15. The lowest BCUT2D eigenvalue weighted by molar-refractivity contribution is -0.123. The van der Waals surface area contributed by atoms with Crippen molar-refractivity contribution in [1.29, 1.82) is 0 Å². The van der Waals surface area contributed by atoms with E-state index in [9.17, 15) is 4.79 Å². The first-order chi connectivity index (χ1) is 12.8. The number of carbonyl (C=O) groups is 1. The number of carbonyl (C=O) groups excluding carboxylic acids is 1. The van der Waals surface area contributed by atoms with Gasteiger partial charge in [-0.15, -0.1) is 0 Å². The van der Waals surface area contributed by atoms with E-state index in [-0.39, 0.29) is 12.5 Å². The molecule has 0 unspecified atom stereocenters. The highest BCUT2D eigenvalue weighted by molar-refractivity contribution is 7.80. The number of hydrogen-bond donors (Lipinski definition) is 3. The highest BCUT2D eigenvalue weighted by Crippen LogP contribution is 2.24. The Bertz CT molecular complexity index is 794. The van der Waals surface area contributed by atoms with E-state index in [0.29, 0.717) is 11.0 Å². The Balaban J connectivity index is 1.79. The van der Waals surface area contributed by atoms with Gasteiger partial charge in [-0.3, -0.25) is 15.6 Å². The first-order valence-corrected chi connectivity index (χ1v) is 9.33. The van der Waals surface area contributed by atoms with Crippen LogP contribution in [0.1, 0.15) is 42.0 Å². The Morgan fingerprint density at radius 3 is 2.19 bits per heavy atom. The summed E-state index contributed by atoms with van der Waals surface area (Å²) in [6.45, 7) is 10.2. The third-order valence-corrected chi connectivity index (χ3v) is 4.31. The number of nitrogens with one attached hydrogen (secondary N) is 3. The monoisotopic (exact) mass is 385 g/mol. The maximum absolute atomic E-state index is 12.0. The van der Waals surface area contributed by atoms with Crippen LogP contribution in [0.25, 0.3) is 0 Å². The number of amides is 1. The summed E-state index contributed by atoms with van der Waals surface area (Å²) in [7, 11) is 0. The molecule has 0 bridgehead atoms. The van der Waals surface area contributed by atoms with Crippen molar-refractivity contribution in [2.75, 3.05) is 11.9 Å². The minimum Gasteiger partial charge on any atom is -0.483 e. The fourth-order valence-corrected chi connectivity index (χ4v) is 2.98. The molecule has 2 aromatic rings. The number of hydrazine groups is 1. The molecule has 0 atom stereocenters. The standard InChI is InChI=1S/C21H27N3O2S/c1-13(2)17-6-8-18(9-7-17)22-21(27)24-23-19(25)12-26-20-15(4)10-14(3)11-16(20)5/h6-11,13H,12H2,1-5H3,(H,23,25)(H2,22,24,27). The number of aryl methyl sites for hydroxylation is 3. The van der Waals surface area contributed by atoms with Gasteiger partial charge in [-0.1, -0.05) is 43.7 Å². The predicted molar refractivity (Wildman–Crippen MR) is 114 cm³/mol. The van der Waals surface area contributed by atoms with Gasteiger partial charge in [0.1, 0.15) is 5.75 Å². The molecule has 6 heteroatoms. The molecule has 2 aromatic carbocycles. The number of ether oxygens (including phenoxy) is 1. The topological polar surface area (TPSA) is 62.4 Å². The molecule has 0 spiro atoms. The van der Waals surface area contributed by atoms with Crippen LogP contribution in [0.4, 0.5) is 5.69 Å². The fourth-order valence-electron chi connectivity index (χ4n) is 2.81. The van der Waals surface area contributed by atoms with Crippen LogP contribution in [0, 0.1) is 20.8 Å². The zero-order valence-corrected chi connectivity index (χ0v) is 17.3. The summed E-state index contributed by atoms with van der Waals surface area (Å²) in [6, 6.07) is 12.1. The summed E-state index contributed by atoms with van der Waals surface area (Å²) in [4.78, 5) is 12.0. The molecule has 27 heavy (non-hydrogen) atoms.